The fraction of sp³-hybridized carbons (Fsp3) is 0.222. The molecule has 1 aromatic carbocycles. The van der Waals surface area contributed by atoms with Gasteiger partial charge < -0.3 is 5.32 Å². The van der Waals surface area contributed by atoms with Gasteiger partial charge in [-0.3, -0.25) is 14.6 Å². The number of halogens is 2. The molecule has 0 atom stereocenters. The highest BCUT2D eigenvalue weighted by atomic mass is 35.5. The Kier molecular flexibility index (Phi) is 5.62. The Morgan fingerprint density at radius 3 is 2.78 bits per heavy atom. The molecule has 27 heavy (non-hydrogen) atoms. The van der Waals surface area contributed by atoms with Gasteiger partial charge in [-0.05, 0) is 31.5 Å². The average molecular weight is 406 g/mol. The summed E-state index contributed by atoms with van der Waals surface area (Å²) in [5.74, 6) is 0.132. The zero-order valence-electron chi connectivity index (χ0n) is 14.7. The quantitative estimate of drug-likeness (QED) is 0.675. The third kappa shape index (κ3) is 4.37. The lowest BCUT2D eigenvalue weighted by atomic mass is 10.2. The molecule has 0 radical (unpaired) electrons. The zero-order chi connectivity index (χ0) is 19.6. The molecule has 2 aromatic heterocycles. The van der Waals surface area contributed by atoms with Crippen LogP contribution < -0.4 is 10.9 Å². The largest absolute Gasteiger partial charge is 0.306 e. The molecular weight excluding hydrogens is 389 g/mol. The summed E-state index contributed by atoms with van der Waals surface area (Å²) in [6.45, 7) is 3.77. The number of nitrogens with one attached hydrogen (secondary N) is 2. The van der Waals surface area contributed by atoms with E-state index >= 15 is 0 Å². The van der Waals surface area contributed by atoms with Gasteiger partial charge in [0.1, 0.15) is 5.82 Å². The molecular formula is C18H17Cl2N5O2. The van der Waals surface area contributed by atoms with E-state index in [9.17, 15) is 9.59 Å². The molecule has 1 amide bonds. The molecule has 0 spiro atoms. The van der Waals surface area contributed by atoms with Crippen LogP contribution in [0.3, 0.4) is 0 Å². The summed E-state index contributed by atoms with van der Waals surface area (Å²) >= 11 is 12.0. The number of carbonyl (C=O) groups excluding carboxylic acids is 1. The minimum Gasteiger partial charge on any atom is -0.306 e. The summed E-state index contributed by atoms with van der Waals surface area (Å²) in [6, 6.07) is 7.75. The average Bonchev–Trinajstić information content (AvgIpc) is 2.97. The molecule has 0 aliphatic carbocycles. The topological polar surface area (TPSA) is 92.7 Å². The highest BCUT2D eigenvalue weighted by molar-refractivity contribution is 6.36. The van der Waals surface area contributed by atoms with Gasteiger partial charge in [0.15, 0.2) is 0 Å². The van der Waals surface area contributed by atoms with E-state index in [1.54, 1.807) is 25.1 Å². The summed E-state index contributed by atoms with van der Waals surface area (Å²) in [7, 11) is 0. The first-order chi connectivity index (χ1) is 12.9. The minimum absolute atomic E-state index is 0.228. The van der Waals surface area contributed by atoms with Gasteiger partial charge in [-0.25, -0.2) is 4.98 Å². The second-order valence-electron chi connectivity index (χ2n) is 5.97. The highest BCUT2D eigenvalue weighted by Gasteiger charge is 2.16. The Morgan fingerprint density at radius 1 is 1.26 bits per heavy atom. The Hall–Kier alpha value is -2.64. The van der Waals surface area contributed by atoms with E-state index in [2.05, 4.69) is 20.4 Å². The van der Waals surface area contributed by atoms with E-state index in [0.717, 1.165) is 6.42 Å². The Labute approximate surface area is 165 Å². The van der Waals surface area contributed by atoms with Crippen molar-refractivity contribution < 1.29 is 4.79 Å². The smallest absolute Gasteiger partial charge is 0.258 e. The maximum atomic E-state index is 12.6. The number of aryl methyl sites for hydroxylation is 2. The van der Waals surface area contributed by atoms with Crippen LogP contribution in [0.5, 0.6) is 0 Å². The van der Waals surface area contributed by atoms with Gasteiger partial charge >= 0.3 is 0 Å². The van der Waals surface area contributed by atoms with E-state index in [-0.39, 0.29) is 22.1 Å². The second kappa shape index (κ2) is 7.94. The summed E-state index contributed by atoms with van der Waals surface area (Å²) in [5, 5.41) is 7.73. The van der Waals surface area contributed by atoms with Gasteiger partial charge in [0.25, 0.3) is 11.5 Å². The molecule has 2 N–H and O–H groups in total. The van der Waals surface area contributed by atoms with E-state index in [4.69, 9.17) is 23.2 Å². The van der Waals surface area contributed by atoms with Crippen molar-refractivity contribution in [1.29, 1.82) is 0 Å². The van der Waals surface area contributed by atoms with Crippen molar-refractivity contribution in [2.24, 2.45) is 0 Å². The molecule has 140 valence electrons. The van der Waals surface area contributed by atoms with Crippen LogP contribution in [0.1, 0.15) is 35.1 Å². The first kappa shape index (κ1) is 19.1. The minimum atomic E-state index is -0.448. The number of H-pyrrole nitrogens is 1. The van der Waals surface area contributed by atoms with Crippen molar-refractivity contribution in [3.05, 3.63) is 67.7 Å². The molecule has 0 bridgehead atoms. The fourth-order valence-electron chi connectivity index (χ4n) is 2.58. The normalized spacial score (nSPS) is 10.8. The molecule has 0 fully saturated rings. The van der Waals surface area contributed by atoms with Crippen LogP contribution in [0.2, 0.25) is 10.0 Å². The maximum Gasteiger partial charge on any atom is 0.258 e. The monoisotopic (exact) mass is 405 g/mol. The first-order valence-corrected chi connectivity index (χ1v) is 9.06. The number of amides is 1. The zero-order valence-corrected chi connectivity index (χ0v) is 16.2. The maximum absolute atomic E-state index is 12.6. The van der Waals surface area contributed by atoms with Gasteiger partial charge in [-0.1, -0.05) is 36.5 Å². The van der Waals surface area contributed by atoms with E-state index in [0.29, 0.717) is 28.6 Å². The molecule has 2 heterocycles. The predicted octanol–water partition coefficient (Wildman–Crippen LogP) is 3.78. The lowest BCUT2D eigenvalue weighted by Gasteiger charge is -2.10. The van der Waals surface area contributed by atoms with Crippen LogP contribution in [-0.2, 0) is 6.42 Å². The predicted molar refractivity (Wildman–Crippen MR) is 105 cm³/mol. The van der Waals surface area contributed by atoms with Crippen molar-refractivity contribution in [3.8, 4) is 5.95 Å². The lowest BCUT2D eigenvalue weighted by molar-refractivity contribution is 0.102. The van der Waals surface area contributed by atoms with Crippen LogP contribution in [0.15, 0.2) is 35.1 Å². The Balaban J connectivity index is 1.98. The molecule has 9 heteroatoms. The van der Waals surface area contributed by atoms with Crippen molar-refractivity contribution in [2.45, 2.75) is 26.7 Å². The van der Waals surface area contributed by atoms with Gasteiger partial charge in [0.2, 0.25) is 5.95 Å². The number of aromatic amines is 1. The second-order valence-corrected chi connectivity index (χ2v) is 6.82. The number of nitrogens with zero attached hydrogens (tertiary/aromatic N) is 3. The fourth-order valence-corrected chi connectivity index (χ4v) is 2.96. The summed E-state index contributed by atoms with van der Waals surface area (Å²) in [4.78, 5) is 31.6. The lowest BCUT2D eigenvalue weighted by Crippen LogP contribution is -2.19. The number of carbonyl (C=O) groups is 1. The van der Waals surface area contributed by atoms with Crippen LogP contribution in [0, 0.1) is 6.92 Å². The standard InChI is InChI=1S/C18H17Cl2N5O2/c1-3-4-12-9-16(26)23-18(21-12)25-15(7-10(2)24-25)22-17(27)13-8-11(19)5-6-14(13)20/h5-9H,3-4H2,1-2H3,(H,22,27)(H,21,23,26). The molecule has 3 aromatic rings. The van der Waals surface area contributed by atoms with Gasteiger partial charge in [-0.2, -0.15) is 9.78 Å². The van der Waals surface area contributed by atoms with Crippen LogP contribution in [0.4, 0.5) is 5.82 Å². The van der Waals surface area contributed by atoms with E-state index < -0.39 is 5.91 Å². The SMILES string of the molecule is CCCc1cc(=O)[nH]c(-n2nc(C)cc2NC(=O)c2cc(Cl)ccc2Cl)n1. The van der Waals surface area contributed by atoms with Crippen molar-refractivity contribution in [1.82, 2.24) is 19.7 Å². The summed E-state index contributed by atoms with van der Waals surface area (Å²) in [6.07, 6.45) is 1.52. The molecule has 0 aliphatic rings. The van der Waals surface area contributed by atoms with Crippen molar-refractivity contribution in [2.75, 3.05) is 5.32 Å². The summed E-state index contributed by atoms with van der Waals surface area (Å²) < 4.78 is 1.38. The molecule has 3 rings (SSSR count). The Bertz CT molecular complexity index is 1060. The molecule has 0 aliphatic heterocycles. The number of hydrogen-bond donors (Lipinski definition) is 2. The molecule has 7 nitrogen and oxygen atoms in total. The van der Waals surface area contributed by atoms with Crippen LogP contribution in [-0.4, -0.2) is 25.7 Å². The number of benzene rings is 1. The highest BCUT2D eigenvalue weighted by Crippen LogP contribution is 2.22. The number of rotatable bonds is 5. The summed E-state index contributed by atoms with van der Waals surface area (Å²) in [5.41, 5.74) is 1.24. The number of anilines is 1. The van der Waals surface area contributed by atoms with Crippen LogP contribution >= 0.6 is 23.2 Å². The Morgan fingerprint density at radius 2 is 2.04 bits per heavy atom. The van der Waals surface area contributed by atoms with Gasteiger partial charge in [-0.15, -0.1) is 0 Å². The third-order valence-electron chi connectivity index (χ3n) is 3.74. The molecule has 0 saturated carbocycles. The third-order valence-corrected chi connectivity index (χ3v) is 4.30. The van der Waals surface area contributed by atoms with E-state index in [1.807, 2.05) is 6.92 Å². The molecule has 0 unspecified atom stereocenters. The van der Waals surface area contributed by atoms with Crippen molar-refractivity contribution in [3.63, 3.8) is 0 Å². The van der Waals surface area contributed by atoms with E-state index in [1.165, 1.54) is 16.8 Å². The van der Waals surface area contributed by atoms with Crippen LogP contribution in [0.25, 0.3) is 5.95 Å². The van der Waals surface area contributed by atoms with Gasteiger partial charge in [0.05, 0.1) is 16.3 Å². The number of hydrogen-bond acceptors (Lipinski definition) is 4. The van der Waals surface area contributed by atoms with Gasteiger partial charge in [0, 0.05) is 22.8 Å². The molecule has 0 saturated heterocycles. The first-order valence-electron chi connectivity index (χ1n) is 8.31. The number of aromatic nitrogens is 4. The van der Waals surface area contributed by atoms with Crippen molar-refractivity contribution >= 4 is 34.9 Å².